The minimum absolute atomic E-state index is 0.138. The Morgan fingerprint density at radius 1 is 0.960 bits per heavy atom. The molecule has 3 aromatic rings. The molecule has 0 aliphatic carbocycles. The molecule has 1 fully saturated rings. The Balaban J connectivity index is 1.64. The molecule has 0 radical (unpaired) electrons. The third-order valence-corrected chi connectivity index (χ3v) is 4.95. The number of fused-ring (bicyclic) bond motifs is 1. The molecule has 0 bridgehead atoms. The van der Waals surface area contributed by atoms with Gasteiger partial charge in [-0.15, -0.1) is 0 Å². The highest BCUT2D eigenvalue weighted by Gasteiger charge is 2.28. The van der Waals surface area contributed by atoms with Gasteiger partial charge in [0.1, 0.15) is 0 Å². The van der Waals surface area contributed by atoms with Crippen LogP contribution in [0.5, 0.6) is 0 Å². The van der Waals surface area contributed by atoms with Crippen LogP contribution in [0.4, 0.5) is 0 Å². The van der Waals surface area contributed by atoms with Crippen molar-refractivity contribution in [2.45, 2.75) is 12.5 Å². The summed E-state index contributed by atoms with van der Waals surface area (Å²) in [5.74, 6) is 0.138. The molecule has 3 aromatic carbocycles. The van der Waals surface area contributed by atoms with E-state index in [2.05, 4.69) is 41.7 Å². The lowest BCUT2D eigenvalue weighted by Gasteiger charge is -2.36. The van der Waals surface area contributed by atoms with Crippen LogP contribution in [0.15, 0.2) is 72.8 Å². The number of amides is 1. The number of benzene rings is 3. The number of nitrogens with one attached hydrogen (secondary N) is 1. The van der Waals surface area contributed by atoms with Gasteiger partial charge in [0.2, 0.25) is 0 Å². The van der Waals surface area contributed by atoms with Crippen LogP contribution in [-0.2, 0) is 6.42 Å². The quantitative estimate of drug-likeness (QED) is 0.797. The third-order valence-electron chi connectivity index (χ3n) is 4.95. The first kappa shape index (κ1) is 15.9. The average molecular weight is 330 g/mol. The van der Waals surface area contributed by atoms with E-state index >= 15 is 0 Å². The summed E-state index contributed by atoms with van der Waals surface area (Å²) in [4.78, 5) is 15.4. The highest BCUT2D eigenvalue weighted by Crippen LogP contribution is 2.22. The summed E-state index contributed by atoms with van der Waals surface area (Å²) >= 11 is 0. The molecule has 0 unspecified atom stereocenters. The smallest absolute Gasteiger partial charge is 0.254 e. The summed E-state index contributed by atoms with van der Waals surface area (Å²) in [6.07, 6.45) is 0.879. The Morgan fingerprint density at radius 2 is 1.72 bits per heavy atom. The van der Waals surface area contributed by atoms with Gasteiger partial charge in [-0.3, -0.25) is 4.79 Å². The number of piperazine rings is 1. The maximum atomic E-state index is 13.3. The van der Waals surface area contributed by atoms with Crippen molar-refractivity contribution >= 4 is 16.7 Å². The molecule has 0 spiro atoms. The molecule has 1 aliphatic heterocycles. The van der Waals surface area contributed by atoms with Gasteiger partial charge in [0.05, 0.1) is 0 Å². The van der Waals surface area contributed by atoms with Gasteiger partial charge in [0.15, 0.2) is 0 Å². The zero-order valence-corrected chi connectivity index (χ0v) is 14.2. The van der Waals surface area contributed by atoms with Crippen LogP contribution in [0.2, 0.25) is 0 Å². The van der Waals surface area contributed by atoms with Crippen LogP contribution in [0, 0.1) is 0 Å². The van der Waals surface area contributed by atoms with Gasteiger partial charge in [-0.25, -0.2) is 0 Å². The van der Waals surface area contributed by atoms with Crippen molar-refractivity contribution in [3.05, 3.63) is 83.9 Å². The Bertz CT molecular complexity index is 870. The minimum atomic E-state index is 0.138. The predicted molar refractivity (Wildman–Crippen MR) is 102 cm³/mol. The zero-order valence-electron chi connectivity index (χ0n) is 14.2. The molecule has 3 heteroatoms. The van der Waals surface area contributed by atoms with Crippen LogP contribution >= 0.6 is 0 Å². The van der Waals surface area contributed by atoms with Gasteiger partial charge in [-0.1, -0.05) is 66.7 Å². The second-order valence-electron chi connectivity index (χ2n) is 6.57. The Morgan fingerprint density at radius 3 is 2.60 bits per heavy atom. The van der Waals surface area contributed by atoms with E-state index in [1.165, 1.54) is 5.56 Å². The molecular weight excluding hydrogens is 308 g/mol. The molecule has 3 nitrogen and oxygen atoms in total. The van der Waals surface area contributed by atoms with Crippen molar-refractivity contribution < 1.29 is 4.79 Å². The highest BCUT2D eigenvalue weighted by atomic mass is 16.2. The second kappa shape index (κ2) is 7.08. The minimum Gasteiger partial charge on any atom is -0.333 e. The number of hydrogen-bond acceptors (Lipinski definition) is 2. The second-order valence-corrected chi connectivity index (χ2v) is 6.57. The van der Waals surface area contributed by atoms with Crippen molar-refractivity contribution in [3.63, 3.8) is 0 Å². The van der Waals surface area contributed by atoms with Crippen LogP contribution in [0.25, 0.3) is 10.8 Å². The van der Waals surface area contributed by atoms with Crippen molar-refractivity contribution in [2.75, 3.05) is 19.6 Å². The monoisotopic (exact) mass is 330 g/mol. The molecule has 1 aliphatic rings. The van der Waals surface area contributed by atoms with E-state index in [1.807, 2.05) is 41.3 Å². The van der Waals surface area contributed by atoms with Gasteiger partial charge in [0.25, 0.3) is 5.91 Å². The van der Waals surface area contributed by atoms with E-state index in [9.17, 15) is 4.79 Å². The van der Waals surface area contributed by atoms with E-state index in [-0.39, 0.29) is 11.9 Å². The van der Waals surface area contributed by atoms with Gasteiger partial charge in [-0.05, 0) is 28.8 Å². The number of hydrogen-bond donors (Lipinski definition) is 1. The third kappa shape index (κ3) is 3.28. The number of nitrogens with zero attached hydrogens (tertiary/aromatic N) is 1. The first-order chi connectivity index (χ1) is 12.3. The van der Waals surface area contributed by atoms with Gasteiger partial charge < -0.3 is 10.2 Å². The molecule has 4 rings (SSSR count). The van der Waals surface area contributed by atoms with E-state index in [0.29, 0.717) is 0 Å². The summed E-state index contributed by atoms with van der Waals surface area (Å²) in [5, 5.41) is 5.58. The molecular formula is C22H22N2O. The zero-order chi connectivity index (χ0) is 17.1. The number of carbonyl (C=O) groups is 1. The van der Waals surface area contributed by atoms with Crippen molar-refractivity contribution in [2.24, 2.45) is 0 Å². The summed E-state index contributed by atoms with van der Waals surface area (Å²) in [6, 6.07) is 24.7. The normalized spacial score (nSPS) is 17.6. The average Bonchev–Trinajstić information content (AvgIpc) is 2.68. The van der Waals surface area contributed by atoms with Crippen LogP contribution in [0.3, 0.4) is 0 Å². The Hall–Kier alpha value is -2.65. The summed E-state index contributed by atoms with van der Waals surface area (Å²) in [6.45, 7) is 2.44. The van der Waals surface area contributed by atoms with Gasteiger partial charge in [0, 0.05) is 31.2 Å². The summed E-state index contributed by atoms with van der Waals surface area (Å²) in [5.41, 5.74) is 2.07. The predicted octanol–water partition coefficient (Wildman–Crippen LogP) is 3.50. The maximum absolute atomic E-state index is 13.3. The molecule has 0 aromatic heterocycles. The van der Waals surface area contributed by atoms with Gasteiger partial charge in [-0.2, -0.15) is 0 Å². The van der Waals surface area contributed by atoms with E-state index < -0.39 is 0 Å². The highest BCUT2D eigenvalue weighted by molar-refractivity contribution is 6.07. The Labute approximate surface area is 148 Å². The fourth-order valence-corrected chi connectivity index (χ4v) is 3.66. The fraction of sp³-hybridized carbons (Fsp3) is 0.227. The molecule has 1 atom stereocenters. The lowest BCUT2D eigenvalue weighted by atomic mass is 9.99. The summed E-state index contributed by atoms with van der Waals surface area (Å²) < 4.78 is 0. The molecule has 0 saturated carbocycles. The largest absolute Gasteiger partial charge is 0.333 e. The van der Waals surface area contributed by atoms with E-state index in [1.54, 1.807) is 0 Å². The van der Waals surface area contributed by atoms with Crippen molar-refractivity contribution in [1.82, 2.24) is 10.2 Å². The lowest BCUT2D eigenvalue weighted by molar-refractivity contribution is 0.0638. The number of carbonyl (C=O) groups excluding carboxylic acids is 1. The SMILES string of the molecule is O=C(c1cccc2ccccc12)N1CCNC[C@@H]1Cc1ccccc1. The maximum Gasteiger partial charge on any atom is 0.254 e. The first-order valence-corrected chi connectivity index (χ1v) is 8.86. The first-order valence-electron chi connectivity index (χ1n) is 8.86. The fourth-order valence-electron chi connectivity index (χ4n) is 3.66. The summed E-state index contributed by atoms with van der Waals surface area (Å²) in [7, 11) is 0. The van der Waals surface area contributed by atoms with E-state index in [0.717, 1.165) is 42.4 Å². The van der Waals surface area contributed by atoms with Crippen molar-refractivity contribution in [3.8, 4) is 0 Å². The molecule has 1 N–H and O–H groups in total. The topological polar surface area (TPSA) is 32.3 Å². The molecule has 1 saturated heterocycles. The lowest BCUT2D eigenvalue weighted by Crippen LogP contribution is -2.54. The van der Waals surface area contributed by atoms with Crippen LogP contribution in [0.1, 0.15) is 15.9 Å². The van der Waals surface area contributed by atoms with Crippen molar-refractivity contribution in [1.29, 1.82) is 0 Å². The number of rotatable bonds is 3. The molecule has 1 heterocycles. The molecule has 25 heavy (non-hydrogen) atoms. The molecule has 1 amide bonds. The van der Waals surface area contributed by atoms with Gasteiger partial charge >= 0.3 is 0 Å². The standard InChI is InChI=1S/C22H22N2O/c25-22(21-12-6-10-18-9-4-5-11-20(18)21)24-14-13-23-16-19(24)15-17-7-2-1-3-8-17/h1-12,19,23H,13-16H2/t19-/m0/s1. The van der Waals surface area contributed by atoms with Crippen LogP contribution < -0.4 is 5.32 Å². The van der Waals surface area contributed by atoms with Crippen LogP contribution in [-0.4, -0.2) is 36.5 Å². The van der Waals surface area contributed by atoms with E-state index in [4.69, 9.17) is 0 Å². The Kier molecular flexibility index (Phi) is 4.49. The molecule has 126 valence electrons.